The van der Waals surface area contributed by atoms with Gasteiger partial charge in [-0.25, -0.2) is 18.0 Å². The first-order chi connectivity index (χ1) is 16.1. The molecule has 0 unspecified atom stereocenters. The normalized spacial score (nSPS) is 14.9. The van der Waals surface area contributed by atoms with Gasteiger partial charge in [-0.3, -0.25) is 10.1 Å². The highest BCUT2D eigenvalue weighted by atomic mass is 32.2. The van der Waals surface area contributed by atoms with Gasteiger partial charge in [-0.2, -0.15) is 4.31 Å². The smallest absolute Gasteiger partial charge is 0.338 e. The number of aryl methyl sites for hydroxylation is 2. The number of rotatable bonds is 6. The van der Waals surface area contributed by atoms with E-state index in [1.165, 1.54) is 28.6 Å². The zero-order chi connectivity index (χ0) is 24.9. The fourth-order valence-electron chi connectivity index (χ4n) is 3.62. The number of hydrogen-bond acceptors (Lipinski definition) is 6. The van der Waals surface area contributed by atoms with Crippen LogP contribution in [0.15, 0.2) is 47.4 Å². The van der Waals surface area contributed by atoms with Gasteiger partial charge in [-0.15, -0.1) is 0 Å². The third-order valence-corrected chi connectivity index (χ3v) is 7.60. The molecule has 1 aliphatic rings. The number of carbonyl (C=O) groups excluding carboxylic acids is 3. The number of anilines is 1. The summed E-state index contributed by atoms with van der Waals surface area (Å²) >= 11 is 0. The number of carbonyl (C=O) groups is 3. The molecule has 1 fully saturated rings. The Hall–Kier alpha value is -3.24. The Bertz CT molecular complexity index is 1170. The van der Waals surface area contributed by atoms with E-state index < -0.39 is 34.5 Å². The van der Waals surface area contributed by atoms with Gasteiger partial charge in [0.15, 0.2) is 6.61 Å². The topological polar surface area (TPSA) is 122 Å². The van der Waals surface area contributed by atoms with Crippen LogP contribution in [0.4, 0.5) is 10.5 Å². The van der Waals surface area contributed by atoms with Gasteiger partial charge in [0.05, 0.1) is 10.5 Å². The molecule has 2 aromatic carbocycles. The van der Waals surface area contributed by atoms with Crippen molar-refractivity contribution in [3.05, 3.63) is 59.2 Å². The molecule has 0 radical (unpaired) electrons. The van der Waals surface area contributed by atoms with Crippen LogP contribution in [-0.2, 0) is 19.6 Å². The maximum atomic E-state index is 12.8. The molecule has 0 aromatic heterocycles. The largest absolute Gasteiger partial charge is 0.452 e. The van der Waals surface area contributed by atoms with Crippen molar-refractivity contribution in [1.82, 2.24) is 9.62 Å². The molecule has 0 bridgehead atoms. The molecular formula is C24H29N3O6S. The fourth-order valence-corrected chi connectivity index (χ4v) is 5.09. The highest BCUT2D eigenvalue weighted by Crippen LogP contribution is 2.23. The molecule has 1 heterocycles. The van der Waals surface area contributed by atoms with Crippen LogP contribution in [0.1, 0.15) is 41.3 Å². The number of benzene rings is 2. The van der Waals surface area contributed by atoms with Crippen molar-refractivity contribution in [2.45, 2.75) is 38.5 Å². The van der Waals surface area contributed by atoms with E-state index in [0.29, 0.717) is 24.7 Å². The molecule has 0 saturated carbocycles. The summed E-state index contributed by atoms with van der Waals surface area (Å²) < 4.78 is 32.0. The summed E-state index contributed by atoms with van der Waals surface area (Å²) in [5, 5.41) is 4.66. The number of nitrogens with zero attached hydrogens (tertiary/aromatic N) is 1. The molecule has 9 nitrogen and oxygen atoms in total. The standard InChI is InChI=1S/C24H29N3O6S/c1-16-10-12-27(13-11-16)34(31,32)20-7-5-19(6-8-20)23(29)33-15-22(28)26-24(30)25-21-9-4-17(2)14-18(21)3/h4-9,14,16H,10-13,15H2,1-3H3,(H2,25,26,28,30). The van der Waals surface area contributed by atoms with Crippen molar-refractivity contribution in [3.63, 3.8) is 0 Å². The molecule has 1 saturated heterocycles. The van der Waals surface area contributed by atoms with Gasteiger partial charge in [0.2, 0.25) is 10.0 Å². The fraction of sp³-hybridized carbons (Fsp3) is 0.375. The van der Waals surface area contributed by atoms with Crippen molar-refractivity contribution >= 4 is 33.6 Å². The van der Waals surface area contributed by atoms with Gasteiger partial charge in [0.1, 0.15) is 0 Å². The van der Waals surface area contributed by atoms with Crippen molar-refractivity contribution in [3.8, 4) is 0 Å². The predicted octanol–water partition coefficient (Wildman–Crippen LogP) is 3.23. The Morgan fingerprint density at radius 2 is 1.68 bits per heavy atom. The zero-order valence-corrected chi connectivity index (χ0v) is 20.3. The van der Waals surface area contributed by atoms with E-state index in [9.17, 15) is 22.8 Å². The van der Waals surface area contributed by atoms with Crippen LogP contribution >= 0.6 is 0 Å². The minimum atomic E-state index is -3.63. The molecule has 0 spiro atoms. The second-order valence-corrected chi connectivity index (χ2v) is 10.4. The number of sulfonamides is 1. The summed E-state index contributed by atoms with van der Waals surface area (Å²) in [5.74, 6) is -1.10. The Kier molecular flexibility index (Phi) is 8.06. The molecule has 2 aromatic rings. The lowest BCUT2D eigenvalue weighted by Crippen LogP contribution is -2.37. The van der Waals surface area contributed by atoms with Crippen LogP contribution in [0.25, 0.3) is 0 Å². The molecule has 0 atom stereocenters. The van der Waals surface area contributed by atoms with Crippen LogP contribution in [-0.4, -0.2) is 50.3 Å². The summed E-state index contributed by atoms with van der Waals surface area (Å²) in [5.41, 5.74) is 2.54. The van der Waals surface area contributed by atoms with E-state index >= 15 is 0 Å². The van der Waals surface area contributed by atoms with Crippen LogP contribution in [0, 0.1) is 19.8 Å². The van der Waals surface area contributed by atoms with Gasteiger partial charge in [0, 0.05) is 18.8 Å². The molecule has 3 amide bonds. The molecule has 2 N–H and O–H groups in total. The molecule has 182 valence electrons. The van der Waals surface area contributed by atoms with Crippen molar-refractivity contribution in [1.29, 1.82) is 0 Å². The first-order valence-electron chi connectivity index (χ1n) is 11.0. The van der Waals surface area contributed by atoms with Crippen LogP contribution < -0.4 is 10.6 Å². The van der Waals surface area contributed by atoms with Gasteiger partial charge < -0.3 is 10.1 Å². The summed E-state index contributed by atoms with van der Waals surface area (Å²) in [6.07, 6.45) is 1.63. The SMILES string of the molecule is Cc1ccc(NC(=O)NC(=O)COC(=O)c2ccc(S(=O)(=O)N3CCC(C)CC3)cc2)c(C)c1. The Labute approximate surface area is 199 Å². The zero-order valence-electron chi connectivity index (χ0n) is 19.5. The van der Waals surface area contributed by atoms with E-state index in [1.807, 2.05) is 26.0 Å². The lowest BCUT2D eigenvalue weighted by Gasteiger charge is -2.29. The molecular weight excluding hydrogens is 458 g/mol. The van der Waals surface area contributed by atoms with E-state index in [1.54, 1.807) is 6.07 Å². The van der Waals surface area contributed by atoms with E-state index in [2.05, 4.69) is 17.6 Å². The lowest BCUT2D eigenvalue weighted by atomic mass is 10.0. The third kappa shape index (κ3) is 6.42. The molecule has 34 heavy (non-hydrogen) atoms. The van der Waals surface area contributed by atoms with Gasteiger partial charge in [0.25, 0.3) is 5.91 Å². The Morgan fingerprint density at radius 1 is 1.03 bits per heavy atom. The second kappa shape index (κ2) is 10.8. The monoisotopic (exact) mass is 487 g/mol. The van der Waals surface area contributed by atoms with Crippen molar-refractivity contribution < 1.29 is 27.5 Å². The average Bonchev–Trinajstić information content (AvgIpc) is 2.79. The third-order valence-electron chi connectivity index (χ3n) is 5.69. The number of esters is 1. The predicted molar refractivity (Wildman–Crippen MR) is 127 cm³/mol. The summed E-state index contributed by atoms with van der Waals surface area (Å²) in [6.45, 7) is 6.14. The summed E-state index contributed by atoms with van der Waals surface area (Å²) in [4.78, 5) is 36.3. The second-order valence-electron chi connectivity index (χ2n) is 8.51. The van der Waals surface area contributed by atoms with Gasteiger partial charge in [-0.1, -0.05) is 24.6 Å². The molecule has 1 aliphatic heterocycles. The van der Waals surface area contributed by atoms with E-state index in [-0.39, 0.29) is 10.5 Å². The maximum Gasteiger partial charge on any atom is 0.338 e. The summed E-state index contributed by atoms with van der Waals surface area (Å²) in [7, 11) is -3.63. The van der Waals surface area contributed by atoms with Crippen molar-refractivity contribution in [2.24, 2.45) is 5.92 Å². The van der Waals surface area contributed by atoms with Crippen LogP contribution in [0.5, 0.6) is 0 Å². The molecule has 10 heteroatoms. The van der Waals surface area contributed by atoms with Crippen LogP contribution in [0.3, 0.4) is 0 Å². The van der Waals surface area contributed by atoms with E-state index in [4.69, 9.17) is 4.74 Å². The lowest BCUT2D eigenvalue weighted by molar-refractivity contribution is -0.123. The number of nitrogens with one attached hydrogen (secondary N) is 2. The number of urea groups is 1. The minimum Gasteiger partial charge on any atom is -0.452 e. The number of amides is 3. The first-order valence-corrected chi connectivity index (χ1v) is 12.5. The highest BCUT2D eigenvalue weighted by molar-refractivity contribution is 7.89. The molecule has 3 rings (SSSR count). The highest BCUT2D eigenvalue weighted by Gasteiger charge is 2.28. The number of piperidine rings is 1. The number of hydrogen-bond donors (Lipinski definition) is 2. The van der Waals surface area contributed by atoms with Gasteiger partial charge in [-0.05, 0) is 68.5 Å². The molecule has 0 aliphatic carbocycles. The minimum absolute atomic E-state index is 0.0961. The first kappa shape index (κ1) is 25.4. The van der Waals surface area contributed by atoms with E-state index in [0.717, 1.165) is 24.0 Å². The number of ether oxygens (including phenoxy) is 1. The Balaban J connectivity index is 1.50. The van der Waals surface area contributed by atoms with Crippen molar-refractivity contribution in [2.75, 3.05) is 25.0 Å². The maximum absolute atomic E-state index is 12.8. The quantitative estimate of drug-likeness (QED) is 0.604. The van der Waals surface area contributed by atoms with Gasteiger partial charge >= 0.3 is 12.0 Å². The van der Waals surface area contributed by atoms with Crippen LogP contribution in [0.2, 0.25) is 0 Å². The Morgan fingerprint density at radius 3 is 2.29 bits per heavy atom. The number of imide groups is 1. The average molecular weight is 488 g/mol. The summed E-state index contributed by atoms with van der Waals surface area (Å²) in [6, 6.07) is 10.1.